The number of imidazole rings is 1. The van der Waals surface area contributed by atoms with Crippen molar-refractivity contribution in [2.45, 2.75) is 6.92 Å². The van der Waals surface area contributed by atoms with E-state index in [0.717, 1.165) is 22.5 Å². The van der Waals surface area contributed by atoms with Gasteiger partial charge in [-0.05, 0) is 30.0 Å². The number of carbonyl (C=O) groups excluding carboxylic acids is 1. The van der Waals surface area contributed by atoms with Crippen LogP contribution in [0.5, 0.6) is 0 Å². The zero-order chi connectivity index (χ0) is 13.4. The Morgan fingerprint density at radius 2 is 2.26 bits per heavy atom. The van der Waals surface area contributed by atoms with E-state index in [1.54, 1.807) is 6.20 Å². The minimum absolute atomic E-state index is 0.301. The number of aromatic nitrogens is 2. The Hall–Kier alpha value is -2.14. The molecule has 0 aliphatic rings. The van der Waals surface area contributed by atoms with Crippen LogP contribution in [0.1, 0.15) is 15.2 Å². The van der Waals surface area contributed by atoms with Gasteiger partial charge in [0.2, 0.25) is 0 Å². The van der Waals surface area contributed by atoms with Gasteiger partial charge in [0.1, 0.15) is 10.5 Å². The highest BCUT2D eigenvalue weighted by atomic mass is 32.1. The molecule has 3 aromatic heterocycles. The molecular formula is C14H12N2O2S. The number of esters is 1. The SMILES string of the molecule is COC(=O)c1scc(C)c1-c1cccc2nccn12. The fourth-order valence-electron chi connectivity index (χ4n) is 2.16. The molecule has 4 nitrogen and oxygen atoms in total. The molecule has 0 radical (unpaired) electrons. The summed E-state index contributed by atoms with van der Waals surface area (Å²) in [6.45, 7) is 1.99. The highest BCUT2D eigenvalue weighted by Crippen LogP contribution is 2.33. The summed E-state index contributed by atoms with van der Waals surface area (Å²) in [5.74, 6) is -0.301. The minimum Gasteiger partial charge on any atom is -0.465 e. The van der Waals surface area contributed by atoms with E-state index in [0.29, 0.717) is 4.88 Å². The molecule has 0 saturated carbocycles. The number of methoxy groups -OCH3 is 1. The van der Waals surface area contributed by atoms with E-state index in [1.807, 2.05) is 41.1 Å². The third-order valence-corrected chi connectivity index (χ3v) is 4.11. The molecule has 0 bridgehead atoms. The number of aryl methyl sites for hydroxylation is 1. The van der Waals surface area contributed by atoms with Crippen LogP contribution in [0, 0.1) is 6.92 Å². The van der Waals surface area contributed by atoms with Gasteiger partial charge < -0.3 is 4.74 Å². The van der Waals surface area contributed by atoms with Crippen LogP contribution in [0.2, 0.25) is 0 Å². The van der Waals surface area contributed by atoms with Crippen molar-refractivity contribution in [3.63, 3.8) is 0 Å². The molecule has 0 unspecified atom stereocenters. The van der Waals surface area contributed by atoms with Crippen LogP contribution in [0.15, 0.2) is 36.0 Å². The zero-order valence-electron chi connectivity index (χ0n) is 10.6. The molecule has 0 fully saturated rings. The number of fused-ring (bicyclic) bond motifs is 1. The molecule has 3 aromatic rings. The van der Waals surface area contributed by atoms with Crippen LogP contribution in [-0.4, -0.2) is 22.5 Å². The van der Waals surface area contributed by atoms with E-state index in [1.165, 1.54) is 18.4 Å². The number of ether oxygens (including phenoxy) is 1. The summed E-state index contributed by atoms with van der Waals surface area (Å²) in [5.41, 5.74) is 3.79. The van der Waals surface area contributed by atoms with E-state index in [4.69, 9.17) is 4.74 Å². The highest BCUT2D eigenvalue weighted by molar-refractivity contribution is 7.12. The van der Waals surface area contributed by atoms with Gasteiger partial charge in [-0.15, -0.1) is 11.3 Å². The molecule has 0 aromatic carbocycles. The van der Waals surface area contributed by atoms with Crippen molar-refractivity contribution in [3.8, 4) is 11.3 Å². The average molecular weight is 272 g/mol. The van der Waals surface area contributed by atoms with Gasteiger partial charge >= 0.3 is 5.97 Å². The summed E-state index contributed by atoms with van der Waals surface area (Å²) < 4.78 is 6.83. The molecule has 0 spiro atoms. The normalized spacial score (nSPS) is 10.8. The number of carbonyl (C=O) groups is 1. The zero-order valence-corrected chi connectivity index (χ0v) is 11.4. The second-order valence-electron chi connectivity index (χ2n) is 4.18. The van der Waals surface area contributed by atoms with Gasteiger partial charge in [-0.2, -0.15) is 0 Å². The summed E-state index contributed by atoms with van der Waals surface area (Å²) >= 11 is 1.41. The maximum absolute atomic E-state index is 11.9. The van der Waals surface area contributed by atoms with Crippen LogP contribution in [-0.2, 0) is 4.74 Å². The molecular weight excluding hydrogens is 260 g/mol. The highest BCUT2D eigenvalue weighted by Gasteiger charge is 2.19. The van der Waals surface area contributed by atoms with Gasteiger partial charge in [-0.25, -0.2) is 9.78 Å². The maximum atomic E-state index is 11.9. The number of hydrogen-bond acceptors (Lipinski definition) is 4. The number of hydrogen-bond donors (Lipinski definition) is 0. The minimum atomic E-state index is -0.301. The molecule has 3 rings (SSSR count). The standard InChI is InChI=1S/C14H12N2O2S/c1-9-8-19-13(14(17)18-2)12(9)10-4-3-5-11-15-6-7-16(10)11/h3-8H,1-2H3. The van der Waals surface area contributed by atoms with Crippen LogP contribution in [0.25, 0.3) is 16.9 Å². The third kappa shape index (κ3) is 1.82. The van der Waals surface area contributed by atoms with Gasteiger partial charge in [0.05, 0.1) is 12.8 Å². The van der Waals surface area contributed by atoms with E-state index in [9.17, 15) is 4.79 Å². The maximum Gasteiger partial charge on any atom is 0.348 e. The monoisotopic (exact) mass is 272 g/mol. The van der Waals surface area contributed by atoms with Crippen molar-refractivity contribution in [2.24, 2.45) is 0 Å². The van der Waals surface area contributed by atoms with Crippen molar-refractivity contribution in [1.82, 2.24) is 9.38 Å². The molecule has 0 amide bonds. The molecule has 96 valence electrons. The first kappa shape index (κ1) is 11.9. The predicted molar refractivity (Wildman–Crippen MR) is 74.6 cm³/mol. The lowest BCUT2D eigenvalue weighted by Crippen LogP contribution is -2.02. The fourth-order valence-corrected chi connectivity index (χ4v) is 3.13. The van der Waals surface area contributed by atoms with Gasteiger partial charge in [-0.1, -0.05) is 6.07 Å². The van der Waals surface area contributed by atoms with Crippen molar-refractivity contribution in [3.05, 3.63) is 46.4 Å². The summed E-state index contributed by atoms with van der Waals surface area (Å²) in [4.78, 5) is 16.7. The lowest BCUT2D eigenvalue weighted by molar-refractivity contribution is 0.0607. The van der Waals surface area contributed by atoms with Crippen LogP contribution >= 0.6 is 11.3 Å². The van der Waals surface area contributed by atoms with Crippen molar-refractivity contribution in [2.75, 3.05) is 7.11 Å². The molecule has 3 heterocycles. The third-order valence-electron chi connectivity index (χ3n) is 3.03. The Balaban J connectivity index is 2.30. The summed E-state index contributed by atoms with van der Waals surface area (Å²) in [6, 6.07) is 5.86. The van der Waals surface area contributed by atoms with E-state index >= 15 is 0 Å². The number of nitrogens with zero attached hydrogens (tertiary/aromatic N) is 2. The quantitative estimate of drug-likeness (QED) is 0.673. The smallest absolute Gasteiger partial charge is 0.348 e. The summed E-state index contributed by atoms with van der Waals surface area (Å²) in [7, 11) is 1.40. The summed E-state index contributed by atoms with van der Waals surface area (Å²) in [5, 5.41) is 1.97. The van der Waals surface area contributed by atoms with E-state index in [-0.39, 0.29) is 5.97 Å². The Morgan fingerprint density at radius 3 is 3.05 bits per heavy atom. The van der Waals surface area contributed by atoms with E-state index < -0.39 is 0 Å². The first-order valence-electron chi connectivity index (χ1n) is 5.81. The Kier molecular flexibility index (Phi) is 2.83. The molecule has 0 saturated heterocycles. The van der Waals surface area contributed by atoms with Crippen molar-refractivity contribution < 1.29 is 9.53 Å². The molecule has 0 N–H and O–H groups in total. The lowest BCUT2D eigenvalue weighted by atomic mass is 10.1. The van der Waals surface area contributed by atoms with Crippen molar-refractivity contribution >= 4 is 23.0 Å². The van der Waals surface area contributed by atoms with Crippen LogP contribution < -0.4 is 0 Å². The molecule has 19 heavy (non-hydrogen) atoms. The molecule has 0 aliphatic carbocycles. The van der Waals surface area contributed by atoms with Crippen LogP contribution in [0.3, 0.4) is 0 Å². The Labute approximate surface area is 114 Å². The number of pyridine rings is 1. The topological polar surface area (TPSA) is 43.6 Å². The van der Waals surface area contributed by atoms with Gasteiger partial charge in [0, 0.05) is 18.0 Å². The Morgan fingerprint density at radius 1 is 1.42 bits per heavy atom. The lowest BCUT2D eigenvalue weighted by Gasteiger charge is -2.07. The average Bonchev–Trinajstić information content (AvgIpc) is 3.03. The van der Waals surface area contributed by atoms with E-state index in [2.05, 4.69) is 4.98 Å². The molecule has 0 aliphatic heterocycles. The number of thiophene rings is 1. The predicted octanol–water partition coefficient (Wildman–Crippen LogP) is 3.16. The first-order valence-corrected chi connectivity index (χ1v) is 6.69. The van der Waals surface area contributed by atoms with Gasteiger partial charge in [-0.3, -0.25) is 4.40 Å². The van der Waals surface area contributed by atoms with Gasteiger partial charge in [0.25, 0.3) is 0 Å². The van der Waals surface area contributed by atoms with Gasteiger partial charge in [0.15, 0.2) is 0 Å². The molecule has 0 atom stereocenters. The Bertz CT molecular complexity index is 758. The second kappa shape index (κ2) is 4.51. The first-order chi connectivity index (χ1) is 9.22. The van der Waals surface area contributed by atoms with Crippen LogP contribution in [0.4, 0.5) is 0 Å². The second-order valence-corrected chi connectivity index (χ2v) is 5.06. The molecule has 5 heteroatoms. The number of rotatable bonds is 2. The fraction of sp³-hybridized carbons (Fsp3) is 0.143. The van der Waals surface area contributed by atoms with Crippen molar-refractivity contribution in [1.29, 1.82) is 0 Å². The largest absolute Gasteiger partial charge is 0.465 e. The summed E-state index contributed by atoms with van der Waals surface area (Å²) in [6.07, 6.45) is 3.64.